The van der Waals surface area contributed by atoms with Crippen LogP contribution in [-0.2, 0) is 11.2 Å². The topological polar surface area (TPSA) is 35.9 Å². The monoisotopic (exact) mass is 337 g/mol. The molecule has 4 nitrogen and oxygen atoms in total. The molecule has 0 radical (unpaired) electrons. The Hall–Kier alpha value is -2.53. The van der Waals surface area contributed by atoms with E-state index in [9.17, 15) is 4.79 Å². The molecule has 0 atom stereocenters. The Balaban J connectivity index is 1.78. The Bertz CT molecular complexity index is 808. The van der Waals surface area contributed by atoms with Gasteiger partial charge in [-0.2, -0.15) is 0 Å². The van der Waals surface area contributed by atoms with Crippen molar-refractivity contribution in [1.82, 2.24) is 0 Å². The molecule has 0 aliphatic carbocycles. The molecule has 0 saturated heterocycles. The predicted molar refractivity (Wildman–Crippen MR) is 103 cm³/mol. The Morgan fingerprint density at radius 2 is 1.67 bits per heavy atom. The van der Waals surface area contributed by atoms with Gasteiger partial charge in [-0.3, -0.25) is 9.69 Å². The van der Waals surface area contributed by atoms with E-state index in [4.69, 9.17) is 12.2 Å². The summed E-state index contributed by atoms with van der Waals surface area (Å²) >= 11 is 5.29. The number of hydrogen-bond donors (Lipinski definition) is 0. The number of benzene rings is 2. The highest BCUT2D eigenvalue weighted by molar-refractivity contribution is 7.80. The fourth-order valence-electron chi connectivity index (χ4n) is 2.57. The first-order chi connectivity index (χ1) is 11.5. The van der Waals surface area contributed by atoms with Crippen LogP contribution >= 0.6 is 12.2 Å². The van der Waals surface area contributed by atoms with Crippen LogP contribution in [0.4, 0.5) is 11.4 Å². The van der Waals surface area contributed by atoms with E-state index < -0.39 is 0 Å². The molecule has 3 rings (SSSR count). The van der Waals surface area contributed by atoms with Crippen molar-refractivity contribution in [3.63, 3.8) is 0 Å². The Morgan fingerprint density at radius 3 is 2.25 bits per heavy atom. The summed E-state index contributed by atoms with van der Waals surface area (Å²) in [6, 6.07) is 15.8. The number of aryl methyl sites for hydroxylation is 1. The first kappa shape index (κ1) is 16.3. The van der Waals surface area contributed by atoms with E-state index in [0.29, 0.717) is 17.2 Å². The number of thiocarbonyl (C=S) groups is 1. The molecule has 122 valence electrons. The summed E-state index contributed by atoms with van der Waals surface area (Å²) in [5.41, 5.74) is 4.55. The molecule has 5 heteroatoms. The zero-order valence-electron chi connectivity index (χ0n) is 14.0. The van der Waals surface area contributed by atoms with E-state index in [1.165, 1.54) is 4.90 Å². The van der Waals surface area contributed by atoms with Crippen LogP contribution in [0.2, 0.25) is 0 Å². The minimum atomic E-state index is -0.138. The largest absolute Gasteiger partial charge is 0.378 e. The molecule has 1 heterocycles. The summed E-state index contributed by atoms with van der Waals surface area (Å²) < 4.78 is 0. The van der Waals surface area contributed by atoms with Gasteiger partial charge in [0.1, 0.15) is 5.71 Å². The van der Waals surface area contributed by atoms with Crippen molar-refractivity contribution in [3.8, 4) is 0 Å². The van der Waals surface area contributed by atoms with Gasteiger partial charge >= 0.3 is 0 Å². The maximum atomic E-state index is 12.7. The number of aliphatic imine (C=N–C) groups is 1. The van der Waals surface area contributed by atoms with Gasteiger partial charge < -0.3 is 4.90 Å². The van der Waals surface area contributed by atoms with E-state index in [1.54, 1.807) is 0 Å². The molecule has 1 aliphatic rings. The van der Waals surface area contributed by atoms with Crippen LogP contribution in [0.15, 0.2) is 53.5 Å². The van der Waals surface area contributed by atoms with Crippen LogP contribution in [0.5, 0.6) is 0 Å². The van der Waals surface area contributed by atoms with Gasteiger partial charge in [-0.15, -0.1) is 0 Å². The number of carbonyl (C=O) groups is 1. The summed E-state index contributed by atoms with van der Waals surface area (Å²) in [5, 5.41) is 0.309. The Kier molecular flexibility index (Phi) is 4.44. The van der Waals surface area contributed by atoms with Crippen LogP contribution in [-0.4, -0.2) is 30.8 Å². The lowest BCUT2D eigenvalue weighted by molar-refractivity contribution is -0.111. The summed E-state index contributed by atoms with van der Waals surface area (Å²) in [7, 11) is 3.99. The number of nitrogens with zero attached hydrogens (tertiary/aromatic N) is 3. The molecule has 1 amide bonds. The first-order valence-corrected chi connectivity index (χ1v) is 8.15. The molecule has 0 saturated carbocycles. The standard InChI is InChI=1S/C19H19N3OS/c1-13-4-8-16(9-5-13)22-18(23)17(20-19(22)24)12-14-6-10-15(11-7-14)21(2)3/h4-11H,12H2,1-3H3. The van der Waals surface area contributed by atoms with Gasteiger partial charge in [0.05, 0.1) is 5.69 Å². The van der Waals surface area contributed by atoms with Gasteiger partial charge in [-0.25, -0.2) is 4.99 Å². The van der Waals surface area contributed by atoms with Crippen LogP contribution in [0, 0.1) is 6.92 Å². The normalized spacial score (nSPS) is 14.1. The molecule has 0 aromatic heterocycles. The van der Waals surface area contributed by atoms with Crippen molar-refractivity contribution < 1.29 is 4.79 Å². The highest BCUT2D eigenvalue weighted by Gasteiger charge is 2.31. The minimum absolute atomic E-state index is 0.138. The van der Waals surface area contributed by atoms with Gasteiger partial charge in [-0.05, 0) is 49.0 Å². The second-order valence-corrected chi connectivity index (χ2v) is 6.42. The number of anilines is 2. The molecule has 0 bridgehead atoms. The van der Waals surface area contributed by atoms with Crippen molar-refractivity contribution >= 4 is 40.3 Å². The number of carbonyl (C=O) groups excluding carboxylic acids is 1. The Morgan fingerprint density at radius 1 is 1.04 bits per heavy atom. The van der Waals surface area contributed by atoms with Crippen molar-refractivity contribution in [2.75, 3.05) is 23.9 Å². The number of rotatable bonds is 4. The van der Waals surface area contributed by atoms with Gasteiger partial charge in [0, 0.05) is 26.2 Å². The third kappa shape index (κ3) is 3.21. The highest BCUT2D eigenvalue weighted by atomic mass is 32.1. The number of hydrogen-bond acceptors (Lipinski definition) is 3. The summed E-state index contributed by atoms with van der Waals surface area (Å²) in [4.78, 5) is 20.5. The average Bonchev–Trinajstić information content (AvgIpc) is 2.83. The van der Waals surface area contributed by atoms with E-state index in [2.05, 4.69) is 4.99 Å². The van der Waals surface area contributed by atoms with E-state index in [1.807, 2.05) is 74.4 Å². The number of amides is 1. The third-order valence-corrected chi connectivity index (χ3v) is 4.26. The molecule has 0 unspecified atom stereocenters. The quantitative estimate of drug-likeness (QED) is 0.803. The van der Waals surface area contributed by atoms with Crippen LogP contribution in [0.1, 0.15) is 11.1 Å². The summed E-state index contributed by atoms with van der Waals surface area (Å²) in [5.74, 6) is -0.138. The van der Waals surface area contributed by atoms with E-state index in [-0.39, 0.29) is 5.91 Å². The van der Waals surface area contributed by atoms with Crippen LogP contribution < -0.4 is 9.80 Å². The van der Waals surface area contributed by atoms with E-state index >= 15 is 0 Å². The molecular formula is C19H19N3OS. The first-order valence-electron chi connectivity index (χ1n) is 7.74. The Labute approximate surface area is 147 Å². The van der Waals surface area contributed by atoms with Crippen molar-refractivity contribution in [1.29, 1.82) is 0 Å². The highest BCUT2D eigenvalue weighted by Crippen LogP contribution is 2.22. The molecule has 2 aromatic carbocycles. The van der Waals surface area contributed by atoms with Crippen molar-refractivity contribution in [3.05, 3.63) is 59.7 Å². The fourth-order valence-corrected chi connectivity index (χ4v) is 2.87. The van der Waals surface area contributed by atoms with Gasteiger partial charge in [0.2, 0.25) is 5.11 Å². The van der Waals surface area contributed by atoms with Gasteiger partial charge in [0.15, 0.2) is 0 Å². The zero-order valence-corrected chi connectivity index (χ0v) is 14.8. The molecule has 0 fully saturated rings. The SMILES string of the molecule is Cc1ccc(N2C(=O)C(Cc3ccc(N(C)C)cc3)=NC2=S)cc1. The second kappa shape index (κ2) is 6.53. The fraction of sp³-hybridized carbons (Fsp3) is 0.211. The molecule has 24 heavy (non-hydrogen) atoms. The molecule has 1 aliphatic heterocycles. The van der Waals surface area contributed by atoms with Crippen molar-refractivity contribution in [2.45, 2.75) is 13.3 Å². The van der Waals surface area contributed by atoms with Crippen LogP contribution in [0.3, 0.4) is 0 Å². The third-order valence-electron chi connectivity index (χ3n) is 3.99. The molecule has 0 spiro atoms. The minimum Gasteiger partial charge on any atom is -0.378 e. The second-order valence-electron chi connectivity index (χ2n) is 6.05. The molecule has 0 N–H and O–H groups in total. The maximum Gasteiger partial charge on any atom is 0.279 e. The maximum absolute atomic E-state index is 12.7. The lowest BCUT2D eigenvalue weighted by Gasteiger charge is -2.15. The van der Waals surface area contributed by atoms with Gasteiger partial charge in [0.25, 0.3) is 5.91 Å². The lowest BCUT2D eigenvalue weighted by Crippen LogP contribution is -2.33. The van der Waals surface area contributed by atoms with E-state index in [0.717, 1.165) is 22.5 Å². The lowest BCUT2D eigenvalue weighted by atomic mass is 10.1. The molecule has 2 aromatic rings. The van der Waals surface area contributed by atoms with Crippen molar-refractivity contribution in [2.24, 2.45) is 4.99 Å². The zero-order chi connectivity index (χ0) is 17.3. The van der Waals surface area contributed by atoms with Gasteiger partial charge in [-0.1, -0.05) is 29.8 Å². The molecular weight excluding hydrogens is 318 g/mol. The smallest absolute Gasteiger partial charge is 0.279 e. The summed E-state index contributed by atoms with van der Waals surface area (Å²) in [6.07, 6.45) is 0.481. The average molecular weight is 337 g/mol. The van der Waals surface area contributed by atoms with Crippen LogP contribution in [0.25, 0.3) is 0 Å². The summed E-state index contributed by atoms with van der Waals surface area (Å²) in [6.45, 7) is 2.01. The predicted octanol–water partition coefficient (Wildman–Crippen LogP) is 3.38.